The van der Waals surface area contributed by atoms with Gasteiger partial charge in [-0.3, -0.25) is 4.79 Å². The van der Waals surface area contributed by atoms with Gasteiger partial charge in [0.2, 0.25) is 6.29 Å². The number of rotatable bonds is 2. The highest BCUT2D eigenvalue weighted by Crippen LogP contribution is 2.15. The third-order valence-corrected chi connectivity index (χ3v) is 1.30. The first-order chi connectivity index (χ1) is 5.24. The second kappa shape index (κ2) is 3.16. The molecule has 0 saturated heterocycles. The van der Waals surface area contributed by atoms with E-state index in [1.807, 2.05) is 0 Å². The van der Waals surface area contributed by atoms with Gasteiger partial charge in [-0.1, -0.05) is 12.1 Å². The molecule has 0 amide bonds. The first kappa shape index (κ1) is 7.75. The molecule has 0 fully saturated rings. The van der Waals surface area contributed by atoms with Crippen molar-refractivity contribution in [2.45, 2.75) is 6.10 Å². The van der Waals surface area contributed by atoms with Crippen LogP contribution in [0.4, 0.5) is 0 Å². The maximum Gasteiger partial charge on any atom is 0.234 e. The Morgan fingerprint density at radius 3 is 2.73 bits per heavy atom. The molecule has 3 heteroatoms. The summed E-state index contributed by atoms with van der Waals surface area (Å²) in [5, 5.41) is 17.8. The van der Waals surface area contributed by atoms with Gasteiger partial charge in [0.05, 0.1) is 0 Å². The normalized spacial score (nSPS) is 12.5. The summed E-state index contributed by atoms with van der Waals surface area (Å²) in [6.45, 7) is 0. The van der Waals surface area contributed by atoms with E-state index in [1.165, 1.54) is 24.5 Å². The molecule has 0 bridgehead atoms. The molecule has 0 aliphatic heterocycles. The Morgan fingerprint density at radius 1 is 1.45 bits per heavy atom. The Bertz CT molecular complexity index is 257. The Hall–Kier alpha value is -1.35. The van der Waals surface area contributed by atoms with E-state index in [0.717, 1.165) is 0 Å². The fourth-order valence-corrected chi connectivity index (χ4v) is 0.763. The molecule has 0 heterocycles. The first-order valence-electron chi connectivity index (χ1n) is 3.08. The van der Waals surface area contributed by atoms with Crippen LogP contribution in [-0.2, 0) is 4.79 Å². The molecule has 1 radical (unpaired) electrons. The van der Waals surface area contributed by atoms with Gasteiger partial charge in [-0.25, -0.2) is 0 Å². The quantitative estimate of drug-likeness (QED) is 0.648. The molecule has 0 aliphatic rings. The van der Waals surface area contributed by atoms with Crippen molar-refractivity contribution < 1.29 is 15.0 Å². The maximum absolute atomic E-state index is 9.96. The van der Waals surface area contributed by atoms with Crippen LogP contribution in [0.1, 0.15) is 11.7 Å². The summed E-state index contributed by atoms with van der Waals surface area (Å²) < 4.78 is 0. The highest BCUT2D eigenvalue weighted by molar-refractivity contribution is 5.60. The van der Waals surface area contributed by atoms with Crippen LogP contribution in [0, 0.1) is 0 Å². The highest BCUT2D eigenvalue weighted by atomic mass is 16.3. The molecular formula is C8H7O3. The third-order valence-electron chi connectivity index (χ3n) is 1.30. The summed E-state index contributed by atoms with van der Waals surface area (Å²) in [5.41, 5.74) is 0.347. The summed E-state index contributed by atoms with van der Waals surface area (Å²) in [5.74, 6) is 0.0248. The van der Waals surface area contributed by atoms with Crippen LogP contribution in [0.5, 0.6) is 5.75 Å². The van der Waals surface area contributed by atoms with E-state index >= 15 is 0 Å². The van der Waals surface area contributed by atoms with Crippen molar-refractivity contribution in [3.05, 3.63) is 29.8 Å². The van der Waals surface area contributed by atoms with Crippen LogP contribution < -0.4 is 0 Å². The highest BCUT2D eigenvalue weighted by Gasteiger charge is 2.05. The molecule has 1 unspecified atom stereocenters. The van der Waals surface area contributed by atoms with Crippen molar-refractivity contribution in [2.24, 2.45) is 0 Å². The summed E-state index contributed by atoms with van der Waals surface area (Å²) >= 11 is 0. The van der Waals surface area contributed by atoms with Gasteiger partial charge >= 0.3 is 0 Å². The predicted octanol–water partition coefficient (Wildman–Crippen LogP) is 0.535. The van der Waals surface area contributed by atoms with Gasteiger partial charge in [-0.2, -0.15) is 0 Å². The lowest BCUT2D eigenvalue weighted by Crippen LogP contribution is -1.96. The molecule has 1 aromatic carbocycles. The van der Waals surface area contributed by atoms with Gasteiger partial charge in [-0.05, 0) is 17.7 Å². The van der Waals surface area contributed by atoms with E-state index in [-0.39, 0.29) is 5.75 Å². The van der Waals surface area contributed by atoms with Crippen LogP contribution in [0.25, 0.3) is 0 Å². The van der Waals surface area contributed by atoms with Crippen molar-refractivity contribution >= 4 is 6.29 Å². The molecule has 57 valence electrons. The fraction of sp³-hybridized carbons (Fsp3) is 0.125. The van der Waals surface area contributed by atoms with Gasteiger partial charge in [0.15, 0.2) is 0 Å². The third kappa shape index (κ3) is 1.78. The zero-order valence-corrected chi connectivity index (χ0v) is 5.69. The largest absolute Gasteiger partial charge is 0.508 e. The van der Waals surface area contributed by atoms with Crippen molar-refractivity contribution in [2.75, 3.05) is 0 Å². The molecule has 11 heavy (non-hydrogen) atoms. The lowest BCUT2D eigenvalue weighted by molar-refractivity contribution is 0.239. The Morgan fingerprint density at radius 2 is 2.18 bits per heavy atom. The SMILES string of the molecule is O=[C]C(O)c1cccc(O)c1. The van der Waals surface area contributed by atoms with Gasteiger partial charge in [0.25, 0.3) is 0 Å². The molecule has 2 N–H and O–H groups in total. The molecule has 1 atom stereocenters. The van der Waals surface area contributed by atoms with Crippen molar-refractivity contribution in [3.63, 3.8) is 0 Å². The summed E-state index contributed by atoms with van der Waals surface area (Å²) in [6.07, 6.45) is 0.141. The number of phenols is 1. The number of aliphatic hydroxyl groups is 1. The Balaban J connectivity index is 2.95. The lowest BCUT2D eigenvalue weighted by atomic mass is 10.1. The van der Waals surface area contributed by atoms with E-state index in [4.69, 9.17) is 10.2 Å². The number of hydrogen-bond acceptors (Lipinski definition) is 3. The number of aromatic hydroxyl groups is 1. The van der Waals surface area contributed by atoms with Gasteiger partial charge < -0.3 is 10.2 Å². The van der Waals surface area contributed by atoms with E-state index < -0.39 is 6.10 Å². The van der Waals surface area contributed by atoms with E-state index in [1.54, 1.807) is 6.07 Å². The number of phenolic OH excluding ortho intramolecular Hbond substituents is 1. The number of hydrogen-bond donors (Lipinski definition) is 2. The van der Waals surface area contributed by atoms with Gasteiger partial charge in [0.1, 0.15) is 11.9 Å². The molecule has 0 spiro atoms. The fourth-order valence-electron chi connectivity index (χ4n) is 0.763. The molecule has 1 rings (SSSR count). The van der Waals surface area contributed by atoms with Crippen LogP contribution in [-0.4, -0.2) is 16.5 Å². The van der Waals surface area contributed by atoms with Crippen molar-refractivity contribution in [1.29, 1.82) is 0 Å². The van der Waals surface area contributed by atoms with Crippen LogP contribution in [0.15, 0.2) is 24.3 Å². The smallest absolute Gasteiger partial charge is 0.234 e. The minimum absolute atomic E-state index is 0.0248. The molecular weight excluding hydrogens is 144 g/mol. The molecule has 0 aliphatic carbocycles. The van der Waals surface area contributed by atoms with Gasteiger partial charge in [-0.15, -0.1) is 0 Å². The average molecular weight is 151 g/mol. The van der Waals surface area contributed by atoms with Crippen molar-refractivity contribution in [3.8, 4) is 5.75 Å². The van der Waals surface area contributed by atoms with Gasteiger partial charge in [0, 0.05) is 0 Å². The van der Waals surface area contributed by atoms with Crippen LogP contribution in [0.2, 0.25) is 0 Å². The minimum Gasteiger partial charge on any atom is -0.508 e. The second-order valence-electron chi connectivity index (χ2n) is 2.12. The number of carbonyl (C=O) groups excluding carboxylic acids is 1. The molecule has 0 saturated carbocycles. The van der Waals surface area contributed by atoms with E-state index in [0.29, 0.717) is 5.56 Å². The Labute approximate surface area is 63.9 Å². The van der Waals surface area contributed by atoms with Crippen LogP contribution >= 0.6 is 0 Å². The topological polar surface area (TPSA) is 57.5 Å². The molecule has 0 aromatic heterocycles. The lowest BCUT2D eigenvalue weighted by Gasteiger charge is -2.01. The number of benzene rings is 1. The standard InChI is InChI=1S/C8H7O3/c9-5-8(11)6-2-1-3-7(10)4-6/h1-4,8,10-11H. The first-order valence-corrected chi connectivity index (χ1v) is 3.08. The summed E-state index contributed by atoms with van der Waals surface area (Å²) in [4.78, 5) is 9.96. The number of aliphatic hydroxyl groups excluding tert-OH is 1. The average Bonchev–Trinajstić information content (AvgIpc) is 2.03. The monoisotopic (exact) mass is 151 g/mol. The zero-order chi connectivity index (χ0) is 8.27. The van der Waals surface area contributed by atoms with E-state index in [9.17, 15) is 4.79 Å². The zero-order valence-electron chi connectivity index (χ0n) is 5.69. The van der Waals surface area contributed by atoms with E-state index in [2.05, 4.69) is 0 Å². The maximum atomic E-state index is 9.96. The molecule has 1 aromatic rings. The Kier molecular flexibility index (Phi) is 2.23. The predicted molar refractivity (Wildman–Crippen MR) is 38.8 cm³/mol. The second-order valence-corrected chi connectivity index (χ2v) is 2.12. The summed E-state index contributed by atoms with van der Waals surface area (Å²) in [6, 6.07) is 5.86. The molecule has 3 nitrogen and oxygen atoms in total. The minimum atomic E-state index is -1.26. The van der Waals surface area contributed by atoms with Crippen LogP contribution in [0.3, 0.4) is 0 Å². The van der Waals surface area contributed by atoms with Crippen molar-refractivity contribution in [1.82, 2.24) is 0 Å². The summed E-state index contributed by atoms with van der Waals surface area (Å²) in [7, 11) is 0.